The molecule has 3 rings (SSSR count). The van der Waals surface area contributed by atoms with E-state index in [-0.39, 0.29) is 0 Å². The minimum atomic E-state index is 0.392. The summed E-state index contributed by atoms with van der Waals surface area (Å²) in [5.74, 6) is 0.819. The third kappa shape index (κ3) is 2.44. The van der Waals surface area contributed by atoms with Crippen LogP contribution in [0.2, 0.25) is 4.47 Å². The third-order valence-electron chi connectivity index (χ3n) is 2.53. The molecule has 0 aliphatic heterocycles. The Morgan fingerprint density at radius 3 is 2.67 bits per heavy atom. The van der Waals surface area contributed by atoms with Gasteiger partial charge in [-0.15, -0.1) is 10.2 Å². The molecule has 0 saturated heterocycles. The molecular weight excluding hydrogens is 268 g/mol. The molecule has 0 aliphatic carbocycles. The SMILES string of the molecule is Clc1nnc(COc2ccc3ccccc3c2)s1. The summed E-state index contributed by atoms with van der Waals surface area (Å²) in [6.07, 6.45) is 0. The van der Waals surface area contributed by atoms with E-state index in [0.717, 1.165) is 16.1 Å². The first kappa shape index (κ1) is 11.4. The molecule has 3 aromatic rings. The molecule has 0 N–H and O–H groups in total. The van der Waals surface area contributed by atoms with Crippen molar-refractivity contribution in [1.29, 1.82) is 0 Å². The topological polar surface area (TPSA) is 35.0 Å². The second-order valence-corrected chi connectivity index (χ2v) is 5.39. The van der Waals surface area contributed by atoms with Gasteiger partial charge in [-0.05, 0) is 34.5 Å². The van der Waals surface area contributed by atoms with Gasteiger partial charge in [0.25, 0.3) is 0 Å². The molecule has 0 bridgehead atoms. The molecule has 0 atom stereocenters. The van der Waals surface area contributed by atoms with Crippen molar-refractivity contribution < 1.29 is 4.74 Å². The molecule has 0 aliphatic rings. The third-order valence-corrected chi connectivity index (χ3v) is 3.52. The number of hydrogen-bond acceptors (Lipinski definition) is 4. The summed E-state index contributed by atoms with van der Waals surface area (Å²) in [6.45, 7) is 0.392. The lowest BCUT2D eigenvalue weighted by Gasteiger charge is -2.05. The monoisotopic (exact) mass is 276 g/mol. The molecule has 0 spiro atoms. The van der Waals surface area contributed by atoms with Crippen LogP contribution in [0.5, 0.6) is 5.75 Å². The Labute approximate surface area is 113 Å². The van der Waals surface area contributed by atoms with E-state index in [1.54, 1.807) is 0 Å². The highest BCUT2D eigenvalue weighted by Gasteiger charge is 2.03. The molecule has 0 unspecified atom stereocenters. The van der Waals surface area contributed by atoms with E-state index in [0.29, 0.717) is 11.1 Å². The molecule has 18 heavy (non-hydrogen) atoms. The second kappa shape index (κ2) is 4.92. The second-order valence-electron chi connectivity index (χ2n) is 3.75. The number of ether oxygens (including phenoxy) is 1. The number of benzene rings is 2. The standard InChI is InChI=1S/C13H9ClN2OS/c14-13-16-15-12(18-13)8-17-11-6-5-9-3-1-2-4-10(9)7-11/h1-7H,8H2. The van der Waals surface area contributed by atoms with Gasteiger partial charge in [0.15, 0.2) is 5.01 Å². The maximum Gasteiger partial charge on any atom is 0.207 e. The van der Waals surface area contributed by atoms with Crippen molar-refractivity contribution in [3.8, 4) is 5.75 Å². The quantitative estimate of drug-likeness (QED) is 0.727. The van der Waals surface area contributed by atoms with Crippen LogP contribution in [0.3, 0.4) is 0 Å². The van der Waals surface area contributed by atoms with Gasteiger partial charge < -0.3 is 4.74 Å². The predicted octanol–water partition coefficient (Wildman–Crippen LogP) is 3.92. The highest BCUT2D eigenvalue weighted by Crippen LogP contribution is 2.22. The Morgan fingerprint density at radius 1 is 1.06 bits per heavy atom. The van der Waals surface area contributed by atoms with Crippen molar-refractivity contribution in [2.24, 2.45) is 0 Å². The summed E-state index contributed by atoms with van der Waals surface area (Å²) in [7, 11) is 0. The van der Waals surface area contributed by atoms with Gasteiger partial charge in [-0.1, -0.05) is 41.7 Å². The van der Waals surface area contributed by atoms with E-state index in [2.05, 4.69) is 22.3 Å². The van der Waals surface area contributed by atoms with Crippen LogP contribution in [0.1, 0.15) is 5.01 Å². The Bertz CT molecular complexity index is 683. The average molecular weight is 277 g/mol. The molecule has 2 aromatic carbocycles. The fourth-order valence-corrected chi connectivity index (χ4v) is 2.47. The summed E-state index contributed by atoms with van der Waals surface area (Å²) in [5, 5.41) is 10.8. The first-order valence-corrected chi connectivity index (χ1v) is 6.60. The minimum absolute atomic E-state index is 0.392. The number of aromatic nitrogens is 2. The highest BCUT2D eigenvalue weighted by molar-refractivity contribution is 7.15. The first-order chi connectivity index (χ1) is 8.81. The van der Waals surface area contributed by atoms with E-state index in [9.17, 15) is 0 Å². The van der Waals surface area contributed by atoms with E-state index in [1.165, 1.54) is 16.7 Å². The highest BCUT2D eigenvalue weighted by atomic mass is 35.5. The van der Waals surface area contributed by atoms with E-state index >= 15 is 0 Å². The van der Waals surface area contributed by atoms with Crippen LogP contribution in [0.15, 0.2) is 42.5 Å². The van der Waals surface area contributed by atoms with Crippen molar-refractivity contribution in [3.63, 3.8) is 0 Å². The molecular formula is C13H9ClN2OS. The first-order valence-electron chi connectivity index (χ1n) is 5.41. The summed E-state index contributed by atoms with van der Waals surface area (Å²) in [5.41, 5.74) is 0. The van der Waals surface area contributed by atoms with Gasteiger partial charge in [0.2, 0.25) is 4.47 Å². The Hall–Kier alpha value is -1.65. The van der Waals surface area contributed by atoms with Crippen LogP contribution < -0.4 is 4.74 Å². The van der Waals surface area contributed by atoms with E-state index in [1.807, 2.05) is 30.3 Å². The zero-order valence-electron chi connectivity index (χ0n) is 9.34. The van der Waals surface area contributed by atoms with Gasteiger partial charge in [-0.2, -0.15) is 0 Å². The lowest BCUT2D eigenvalue weighted by atomic mass is 10.1. The van der Waals surface area contributed by atoms with Gasteiger partial charge >= 0.3 is 0 Å². The smallest absolute Gasteiger partial charge is 0.207 e. The summed E-state index contributed by atoms with van der Waals surface area (Å²) < 4.78 is 6.10. The molecule has 0 saturated carbocycles. The fourth-order valence-electron chi connectivity index (χ4n) is 1.69. The molecule has 0 fully saturated rings. The zero-order chi connectivity index (χ0) is 12.4. The normalized spacial score (nSPS) is 10.7. The van der Waals surface area contributed by atoms with Gasteiger partial charge in [0.05, 0.1) is 0 Å². The summed E-state index contributed by atoms with van der Waals surface area (Å²) in [6, 6.07) is 14.2. The van der Waals surface area contributed by atoms with Crippen LogP contribution in [0.4, 0.5) is 0 Å². The number of fused-ring (bicyclic) bond motifs is 1. The van der Waals surface area contributed by atoms with Gasteiger partial charge in [-0.3, -0.25) is 0 Å². The number of rotatable bonds is 3. The van der Waals surface area contributed by atoms with Crippen molar-refractivity contribution in [2.45, 2.75) is 6.61 Å². The van der Waals surface area contributed by atoms with Crippen molar-refractivity contribution in [1.82, 2.24) is 10.2 Å². The van der Waals surface area contributed by atoms with E-state index in [4.69, 9.17) is 16.3 Å². The molecule has 90 valence electrons. The Kier molecular flexibility index (Phi) is 3.13. The predicted molar refractivity (Wildman–Crippen MR) is 73.2 cm³/mol. The Balaban J connectivity index is 1.78. The van der Waals surface area contributed by atoms with Gasteiger partial charge in [-0.25, -0.2) is 0 Å². The Morgan fingerprint density at radius 2 is 1.89 bits per heavy atom. The number of halogens is 1. The molecule has 3 nitrogen and oxygen atoms in total. The molecule has 5 heteroatoms. The van der Waals surface area contributed by atoms with Crippen LogP contribution in [0.25, 0.3) is 10.8 Å². The summed E-state index contributed by atoms with van der Waals surface area (Å²) >= 11 is 7.04. The van der Waals surface area contributed by atoms with E-state index < -0.39 is 0 Å². The van der Waals surface area contributed by atoms with Crippen LogP contribution in [-0.2, 0) is 6.61 Å². The lowest BCUT2D eigenvalue weighted by molar-refractivity contribution is 0.305. The molecule has 1 heterocycles. The number of nitrogens with zero attached hydrogens (tertiary/aromatic N) is 2. The van der Waals surface area contributed by atoms with Crippen molar-refractivity contribution in [3.05, 3.63) is 51.9 Å². The minimum Gasteiger partial charge on any atom is -0.486 e. The largest absolute Gasteiger partial charge is 0.486 e. The molecule has 0 radical (unpaired) electrons. The van der Waals surface area contributed by atoms with Gasteiger partial charge in [0, 0.05) is 0 Å². The molecule has 1 aromatic heterocycles. The molecule has 0 amide bonds. The van der Waals surface area contributed by atoms with Crippen LogP contribution in [-0.4, -0.2) is 10.2 Å². The summed E-state index contributed by atoms with van der Waals surface area (Å²) in [4.78, 5) is 0. The average Bonchev–Trinajstić information content (AvgIpc) is 2.82. The fraction of sp³-hybridized carbons (Fsp3) is 0.0769. The van der Waals surface area contributed by atoms with Crippen LogP contribution in [0, 0.1) is 0 Å². The van der Waals surface area contributed by atoms with Crippen molar-refractivity contribution >= 4 is 33.7 Å². The van der Waals surface area contributed by atoms with Crippen LogP contribution >= 0.6 is 22.9 Å². The maximum absolute atomic E-state index is 5.71. The zero-order valence-corrected chi connectivity index (χ0v) is 10.9. The van der Waals surface area contributed by atoms with Gasteiger partial charge in [0.1, 0.15) is 12.4 Å². The lowest BCUT2D eigenvalue weighted by Crippen LogP contribution is -1.94. The van der Waals surface area contributed by atoms with Crippen molar-refractivity contribution in [2.75, 3.05) is 0 Å². The maximum atomic E-state index is 5.71. The number of hydrogen-bond donors (Lipinski definition) is 0.